The van der Waals surface area contributed by atoms with E-state index in [0.717, 1.165) is 29.4 Å². The number of hydrogen-bond donors (Lipinski definition) is 1. The van der Waals surface area contributed by atoms with Crippen molar-refractivity contribution in [1.82, 2.24) is 10.3 Å². The van der Waals surface area contributed by atoms with Crippen molar-refractivity contribution in [2.24, 2.45) is 0 Å². The lowest BCUT2D eigenvalue weighted by molar-refractivity contribution is 0.335. The lowest BCUT2D eigenvalue weighted by Gasteiger charge is -2.11. The molecule has 0 fully saturated rings. The molecule has 0 spiro atoms. The van der Waals surface area contributed by atoms with Gasteiger partial charge >= 0.3 is 0 Å². The SMILES string of the molecule is CCOc1ccc(Cl)cc1CNCc1ccncc1.Cl. The fourth-order valence-electron chi connectivity index (χ4n) is 1.82. The molecule has 2 rings (SSSR count). The van der Waals surface area contributed by atoms with Gasteiger partial charge in [-0.05, 0) is 42.8 Å². The third-order valence-corrected chi connectivity index (χ3v) is 2.95. The van der Waals surface area contributed by atoms with Gasteiger partial charge in [0, 0.05) is 36.1 Å². The summed E-state index contributed by atoms with van der Waals surface area (Å²) in [5.74, 6) is 0.883. The standard InChI is InChI=1S/C15H17ClN2O.ClH/c1-2-19-15-4-3-14(16)9-13(15)11-18-10-12-5-7-17-8-6-12;/h3-9,18H,2,10-11H2,1H3;1H. The molecular formula is C15H18Cl2N2O. The molecule has 0 unspecified atom stereocenters. The number of nitrogens with one attached hydrogen (secondary N) is 1. The molecule has 0 saturated heterocycles. The summed E-state index contributed by atoms with van der Waals surface area (Å²) in [6.45, 7) is 4.14. The first kappa shape index (κ1) is 16.8. The summed E-state index contributed by atoms with van der Waals surface area (Å²) >= 11 is 6.02. The first-order chi connectivity index (χ1) is 9.29. The number of benzene rings is 1. The van der Waals surface area contributed by atoms with E-state index in [0.29, 0.717) is 6.61 Å². The zero-order valence-electron chi connectivity index (χ0n) is 11.3. The lowest BCUT2D eigenvalue weighted by Crippen LogP contribution is -2.13. The second-order valence-corrected chi connectivity index (χ2v) is 4.58. The fourth-order valence-corrected chi connectivity index (χ4v) is 2.02. The van der Waals surface area contributed by atoms with Crippen molar-refractivity contribution in [1.29, 1.82) is 0 Å². The van der Waals surface area contributed by atoms with Crippen molar-refractivity contribution < 1.29 is 4.74 Å². The molecule has 1 aromatic carbocycles. The highest BCUT2D eigenvalue weighted by molar-refractivity contribution is 6.30. The molecule has 0 aliphatic heterocycles. The van der Waals surface area contributed by atoms with Gasteiger partial charge in [-0.3, -0.25) is 4.98 Å². The van der Waals surface area contributed by atoms with Gasteiger partial charge in [0.2, 0.25) is 0 Å². The molecule has 0 aliphatic rings. The van der Waals surface area contributed by atoms with Crippen molar-refractivity contribution in [3.63, 3.8) is 0 Å². The number of nitrogens with zero attached hydrogens (tertiary/aromatic N) is 1. The molecule has 0 radical (unpaired) electrons. The highest BCUT2D eigenvalue weighted by atomic mass is 35.5. The van der Waals surface area contributed by atoms with Crippen molar-refractivity contribution in [3.05, 3.63) is 58.9 Å². The zero-order chi connectivity index (χ0) is 13.5. The van der Waals surface area contributed by atoms with Crippen LogP contribution in [-0.4, -0.2) is 11.6 Å². The Morgan fingerprint density at radius 1 is 1.15 bits per heavy atom. The molecule has 1 N–H and O–H groups in total. The molecule has 20 heavy (non-hydrogen) atoms. The van der Waals surface area contributed by atoms with Crippen LogP contribution in [0.25, 0.3) is 0 Å². The Bertz CT molecular complexity index is 521. The summed E-state index contributed by atoms with van der Waals surface area (Å²) < 4.78 is 5.59. The molecule has 2 aromatic rings. The molecular weight excluding hydrogens is 295 g/mol. The Kier molecular flexibility index (Phi) is 7.37. The van der Waals surface area contributed by atoms with Crippen LogP contribution in [0.1, 0.15) is 18.1 Å². The summed E-state index contributed by atoms with van der Waals surface area (Å²) in [5, 5.41) is 4.10. The summed E-state index contributed by atoms with van der Waals surface area (Å²) in [4.78, 5) is 4.00. The van der Waals surface area contributed by atoms with Crippen LogP contribution in [-0.2, 0) is 13.1 Å². The summed E-state index contributed by atoms with van der Waals surface area (Å²) in [6, 6.07) is 9.68. The van der Waals surface area contributed by atoms with Gasteiger partial charge in [-0.25, -0.2) is 0 Å². The van der Waals surface area contributed by atoms with Crippen LogP contribution in [0.5, 0.6) is 5.75 Å². The minimum atomic E-state index is 0. The Morgan fingerprint density at radius 2 is 1.90 bits per heavy atom. The second-order valence-electron chi connectivity index (χ2n) is 4.14. The van der Waals surface area contributed by atoms with Crippen molar-refractivity contribution in [2.45, 2.75) is 20.0 Å². The van der Waals surface area contributed by atoms with Crippen LogP contribution < -0.4 is 10.1 Å². The number of hydrogen-bond acceptors (Lipinski definition) is 3. The molecule has 0 saturated carbocycles. The topological polar surface area (TPSA) is 34.1 Å². The average Bonchev–Trinajstić information content (AvgIpc) is 2.43. The van der Waals surface area contributed by atoms with Crippen LogP contribution in [0.15, 0.2) is 42.7 Å². The van der Waals surface area contributed by atoms with Gasteiger partial charge < -0.3 is 10.1 Å². The van der Waals surface area contributed by atoms with Gasteiger partial charge in [-0.1, -0.05) is 11.6 Å². The lowest BCUT2D eigenvalue weighted by atomic mass is 10.2. The van der Waals surface area contributed by atoms with Gasteiger partial charge in [-0.15, -0.1) is 12.4 Å². The third-order valence-electron chi connectivity index (χ3n) is 2.72. The van der Waals surface area contributed by atoms with Crippen LogP contribution in [0, 0.1) is 0 Å². The van der Waals surface area contributed by atoms with Crippen LogP contribution in [0.4, 0.5) is 0 Å². The van der Waals surface area contributed by atoms with Gasteiger partial charge in [0.05, 0.1) is 6.61 Å². The highest BCUT2D eigenvalue weighted by Crippen LogP contribution is 2.22. The predicted octanol–water partition coefficient (Wildman–Crippen LogP) is 3.85. The number of pyridine rings is 1. The van der Waals surface area contributed by atoms with Crippen molar-refractivity contribution >= 4 is 24.0 Å². The monoisotopic (exact) mass is 312 g/mol. The number of halogens is 2. The van der Waals surface area contributed by atoms with Crippen molar-refractivity contribution in [3.8, 4) is 5.75 Å². The maximum atomic E-state index is 6.02. The quantitative estimate of drug-likeness (QED) is 0.880. The van der Waals surface area contributed by atoms with E-state index >= 15 is 0 Å². The van der Waals surface area contributed by atoms with E-state index in [4.69, 9.17) is 16.3 Å². The summed E-state index contributed by atoms with van der Waals surface area (Å²) in [6.07, 6.45) is 3.59. The smallest absolute Gasteiger partial charge is 0.123 e. The van der Waals surface area contributed by atoms with Gasteiger partial charge in [0.15, 0.2) is 0 Å². The van der Waals surface area contributed by atoms with E-state index < -0.39 is 0 Å². The van der Waals surface area contributed by atoms with Crippen LogP contribution >= 0.6 is 24.0 Å². The Labute approximate surface area is 130 Å². The minimum absolute atomic E-state index is 0. The average molecular weight is 313 g/mol. The summed E-state index contributed by atoms with van der Waals surface area (Å²) in [7, 11) is 0. The van der Waals surface area contributed by atoms with E-state index in [1.54, 1.807) is 12.4 Å². The molecule has 108 valence electrons. The molecule has 1 aromatic heterocycles. The maximum Gasteiger partial charge on any atom is 0.123 e. The molecule has 1 heterocycles. The number of aromatic nitrogens is 1. The molecule has 0 aliphatic carbocycles. The van der Waals surface area contributed by atoms with E-state index in [1.165, 1.54) is 5.56 Å². The Balaban J connectivity index is 0.00000200. The number of ether oxygens (including phenoxy) is 1. The first-order valence-corrected chi connectivity index (χ1v) is 6.68. The molecule has 5 heteroatoms. The normalized spacial score (nSPS) is 9.90. The zero-order valence-corrected chi connectivity index (χ0v) is 12.9. The van der Waals surface area contributed by atoms with Crippen LogP contribution in [0.3, 0.4) is 0 Å². The largest absolute Gasteiger partial charge is 0.494 e. The van der Waals surface area contributed by atoms with E-state index in [-0.39, 0.29) is 12.4 Å². The molecule has 3 nitrogen and oxygen atoms in total. The predicted molar refractivity (Wildman–Crippen MR) is 84.6 cm³/mol. The highest BCUT2D eigenvalue weighted by Gasteiger charge is 2.04. The van der Waals surface area contributed by atoms with Crippen molar-refractivity contribution in [2.75, 3.05) is 6.61 Å². The van der Waals surface area contributed by atoms with E-state index in [9.17, 15) is 0 Å². The Hall–Kier alpha value is -1.29. The van der Waals surface area contributed by atoms with E-state index in [2.05, 4.69) is 10.3 Å². The van der Waals surface area contributed by atoms with Gasteiger partial charge in [-0.2, -0.15) is 0 Å². The molecule has 0 amide bonds. The summed E-state index contributed by atoms with van der Waals surface area (Å²) in [5.41, 5.74) is 2.28. The van der Waals surface area contributed by atoms with Gasteiger partial charge in [0.25, 0.3) is 0 Å². The maximum absolute atomic E-state index is 6.02. The number of rotatable bonds is 6. The minimum Gasteiger partial charge on any atom is -0.494 e. The first-order valence-electron chi connectivity index (χ1n) is 6.30. The van der Waals surface area contributed by atoms with E-state index in [1.807, 2.05) is 37.3 Å². The molecule has 0 bridgehead atoms. The van der Waals surface area contributed by atoms with Crippen LogP contribution in [0.2, 0.25) is 5.02 Å². The Morgan fingerprint density at radius 3 is 2.60 bits per heavy atom. The third kappa shape index (κ3) is 5.00. The fraction of sp³-hybridized carbons (Fsp3) is 0.267. The molecule has 0 atom stereocenters. The van der Waals surface area contributed by atoms with Gasteiger partial charge in [0.1, 0.15) is 5.75 Å². The second kappa shape index (κ2) is 8.80.